The van der Waals surface area contributed by atoms with Crippen LogP contribution in [0.5, 0.6) is 0 Å². The Morgan fingerprint density at radius 3 is 1.60 bits per heavy atom. The van der Waals surface area contributed by atoms with E-state index < -0.39 is 21.9 Å². The van der Waals surface area contributed by atoms with Crippen molar-refractivity contribution in [1.29, 1.82) is 0 Å². The van der Waals surface area contributed by atoms with E-state index in [4.69, 9.17) is 0 Å². The largest absolute Gasteiger partial charge is 0.274 e. The summed E-state index contributed by atoms with van der Waals surface area (Å²) >= 11 is 0. The number of carbonyl (C=O) groups excluding carboxylic acids is 2. The zero-order valence-corrected chi connectivity index (χ0v) is 20.4. The summed E-state index contributed by atoms with van der Waals surface area (Å²) in [7, 11) is -3.73. The van der Waals surface area contributed by atoms with Crippen molar-refractivity contribution in [2.45, 2.75) is 30.6 Å². The molecule has 2 amide bonds. The van der Waals surface area contributed by atoms with Crippen molar-refractivity contribution < 1.29 is 18.0 Å². The summed E-state index contributed by atoms with van der Waals surface area (Å²) in [4.78, 5) is 29.1. The molecule has 3 aromatic carbocycles. The second kappa shape index (κ2) is 7.86. The van der Waals surface area contributed by atoms with Crippen LogP contribution < -0.4 is 4.90 Å². The van der Waals surface area contributed by atoms with Crippen LogP contribution in [0.15, 0.2) is 77.7 Å². The van der Waals surface area contributed by atoms with Crippen molar-refractivity contribution in [3.8, 4) is 0 Å². The third-order valence-electron chi connectivity index (χ3n) is 7.87. The summed E-state index contributed by atoms with van der Waals surface area (Å²) in [6.07, 6.45) is 0. The van der Waals surface area contributed by atoms with Gasteiger partial charge >= 0.3 is 0 Å². The molecule has 0 radical (unpaired) electrons. The minimum atomic E-state index is -3.73. The third kappa shape index (κ3) is 2.95. The second-order valence-corrected chi connectivity index (χ2v) is 11.3. The lowest BCUT2D eigenvalue weighted by atomic mass is 9.55. The Morgan fingerprint density at radius 2 is 1.17 bits per heavy atom. The summed E-state index contributed by atoms with van der Waals surface area (Å²) in [5, 5.41) is 0. The third-order valence-corrected chi connectivity index (χ3v) is 9.91. The first-order valence-electron chi connectivity index (χ1n) is 12.1. The van der Waals surface area contributed by atoms with Gasteiger partial charge in [-0.3, -0.25) is 9.59 Å². The SMILES string of the molecule is CCN(CC)S(=O)(=O)c1cccc(N2C(=O)[C@@H]3C4c5ccccc5C(c5ccccc54)[C@@H]3C2=O)c1. The normalized spacial score (nSPS) is 24.5. The molecule has 178 valence electrons. The number of benzene rings is 3. The zero-order chi connectivity index (χ0) is 24.5. The molecule has 4 aliphatic rings. The Balaban J connectivity index is 1.47. The number of sulfonamides is 1. The van der Waals surface area contributed by atoms with Gasteiger partial charge in [-0.2, -0.15) is 4.31 Å². The Hall–Kier alpha value is -3.29. The quantitative estimate of drug-likeness (QED) is 0.509. The van der Waals surface area contributed by atoms with Gasteiger partial charge in [0.25, 0.3) is 0 Å². The Morgan fingerprint density at radius 1 is 0.714 bits per heavy atom. The van der Waals surface area contributed by atoms with Gasteiger partial charge in [0, 0.05) is 24.9 Å². The molecule has 2 bridgehead atoms. The highest BCUT2D eigenvalue weighted by Crippen LogP contribution is 2.61. The van der Waals surface area contributed by atoms with E-state index in [0.717, 1.165) is 22.3 Å². The van der Waals surface area contributed by atoms with Crippen LogP contribution in [-0.4, -0.2) is 37.6 Å². The number of hydrogen-bond acceptors (Lipinski definition) is 4. The van der Waals surface area contributed by atoms with E-state index in [2.05, 4.69) is 24.3 Å². The first-order chi connectivity index (χ1) is 16.9. The lowest BCUT2D eigenvalue weighted by Gasteiger charge is -2.45. The minimum absolute atomic E-state index is 0.0868. The molecule has 35 heavy (non-hydrogen) atoms. The molecule has 7 heteroatoms. The molecule has 0 spiro atoms. The van der Waals surface area contributed by atoms with Gasteiger partial charge in [0.2, 0.25) is 21.8 Å². The van der Waals surface area contributed by atoms with E-state index in [-0.39, 0.29) is 28.5 Å². The highest BCUT2D eigenvalue weighted by Gasteiger charge is 2.61. The molecular weight excluding hydrogens is 460 g/mol. The summed E-state index contributed by atoms with van der Waals surface area (Å²) in [6, 6.07) is 22.4. The van der Waals surface area contributed by atoms with Gasteiger partial charge in [0.05, 0.1) is 22.4 Å². The first kappa shape index (κ1) is 22.2. The van der Waals surface area contributed by atoms with Gasteiger partial charge < -0.3 is 0 Å². The molecule has 1 fully saturated rings. The van der Waals surface area contributed by atoms with E-state index in [1.54, 1.807) is 26.0 Å². The Kier molecular flexibility index (Phi) is 4.99. The van der Waals surface area contributed by atoms with Crippen molar-refractivity contribution >= 4 is 27.5 Å². The Labute approximate surface area is 205 Å². The molecule has 6 nitrogen and oxygen atoms in total. The maximum absolute atomic E-state index is 13.9. The maximum atomic E-state index is 13.9. The van der Waals surface area contributed by atoms with Crippen molar-refractivity contribution in [3.63, 3.8) is 0 Å². The predicted molar refractivity (Wildman–Crippen MR) is 133 cm³/mol. The van der Waals surface area contributed by atoms with Crippen molar-refractivity contribution in [2.75, 3.05) is 18.0 Å². The lowest BCUT2D eigenvalue weighted by molar-refractivity contribution is -0.122. The van der Waals surface area contributed by atoms with Gasteiger partial charge in [0.15, 0.2) is 0 Å². The van der Waals surface area contributed by atoms with Crippen LogP contribution in [0.1, 0.15) is 47.9 Å². The van der Waals surface area contributed by atoms with Crippen LogP contribution in [0.3, 0.4) is 0 Å². The summed E-state index contributed by atoms with van der Waals surface area (Å²) in [5.41, 5.74) is 4.75. The second-order valence-electron chi connectivity index (χ2n) is 9.36. The monoisotopic (exact) mass is 486 g/mol. The molecule has 1 heterocycles. The van der Waals surface area contributed by atoms with E-state index in [9.17, 15) is 18.0 Å². The van der Waals surface area contributed by atoms with E-state index in [0.29, 0.717) is 18.8 Å². The summed E-state index contributed by atoms with van der Waals surface area (Å²) < 4.78 is 27.6. The predicted octanol–water partition coefficient (Wildman–Crippen LogP) is 4.11. The first-order valence-corrected chi connectivity index (χ1v) is 13.5. The fourth-order valence-electron chi connectivity index (χ4n) is 6.43. The smallest absolute Gasteiger partial charge is 0.243 e. The molecule has 1 aliphatic heterocycles. The average molecular weight is 487 g/mol. The molecule has 1 saturated heterocycles. The highest BCUT2D eigenvalue weighted by molar-refractivity contribution is 7.89. The van der Waals surface area contributed by atoms with Gasteiger partial charge in [0.1, 0.15) is 0 Å². The average Bonchev–Trinajstić information content (AvgIpc) is 3.15. The number of rotatable bonds is 5. The zero-order valence-electron chi connectivity index (χ0n) is 19.6. The number of nitrogens with zero attached hydrogens (tertiary/aromatic N) is 2. The van der Waals surface area contributed by atoms with Crippen LogP contribution in [0.25, 0.3) is 0 Å². The summed E-state index contributed by atoms with van der Waals surface area (Å²) in [5.74, 6) is -1.89. The van der Waals surface area contributed by atoms with Crippen LogP contribution in [0, 0.1) is 11.8 Å². The molecule has 3 aromatic rings. The van der Waals surface area contributed by atoms with E-state index >= 15 is 0 Å². The number of hydrogen-bond donors (Lipinski definition) is 0. The topological polar surface area (TPSA) is 74.8 Å². The van der Waals surface area contributed by atoms with E-state index in [1.165, 1.54) is 21.3 Å². The lowest BCUT2D eigenvalue weighted by Crippen LogP contribution is -2.41. The van der Waals surface area contributed by atoms with Crippen LogP contribution >= 0.6 is 0 Å². The fraction of sp³-hybridized carbons (Fsp3) is 0.286. The van der Waals surface area contributed by atoms with Crippen LogP contribution in [0.2, 0.25) is 0 Å². The molecular formula is C28H26N2O4S. The van der Waals surface area contributed by atoms with Crippen molar-refractivity contribution in [1.82, 2.24) is 4.31 Å². The fourth-order valence-corrected chi connectivity index (χ4v) is 7.93. The number of imide groups is 1. The van der Waals surface area contributed by atoms with E-state index in [1.807, 2.05) is 24.3 Å². The molecule has 0 aromatic heterocycles. The minimum Gasteiger partial charge on any atom is -0.274 e. The highest BCUT2D eigenvalue weighted by atomic mass is 32.2. The molecule has 0 unspecified atom stereocenters. The molecule has 7 rings (SSSR count). The molecule has 3 aliphatic carbocycles. The van der Waals surface area contributed by atoms with Crippen LogP contribution in [-0.2, 0) is 19.6 Å². The van der Waals surface area contributed by atoms with Gasteiger partial charge in [-0.1, -0.05) is 68.4 Å². The van der Waals surface area contributed by atoms with Gasteiger partial charge in [-0.15, -0.1) is 0 Å². The number of amides is 2. The van der Waals surface area contributed by atoms with Crippen molar-refractivity contribution in [2.24, 2.45) is 11.8 Å². The summed E-state index contributed by atoms with van der Waals surface area (Å²) in [6.45, 7) is 4.26. The maximum Gasteiger partial charge on any atom is 0.243 e. The van der Waals surface area contributed by atoms with Crippen LogP contribution in [0.4, 0.5) is 5.69 Å². The molecule has 2 atom stereocenters. The van der Waals surface area contributed by atoms with Gasteiger partial charge in [-0.05, 0) is 40.5 Å². The Bertz CT molecular complexity index is 1360. The molecule has 0 saturated carbocycles. The number of carbonyl (C=O) groups is 2. The van der Waals surface area contributed by atoms with Gasteiger partial charge in [-0.25, -0.2) is 13.3 Å². The number of anilines is 1. The standard InChI is InChI=1S/C28H26N2O4S/c1-3-29(4-2)35(33,34)18-11-9-10-17(16-18)30-27(31)25-23-19-12-5-6-13-20(19)24(26(25)28(30)32)22-15-8-7-14-21(22)23/h5-16,23-26H,3-4H2,1-2H3/t23?,24?,25-,26+. The van der Waals surface area contributed by atoms with Crippen molar-refractivity contribution in [3.05, 3.63) is 95.1 Å². The molecule has 0 N–H and O–H groups in total.